The van der Waals surface area contributed by atoms with E-state index in [1.807, 2.05) is 0 Å². The number of hydrogen-bond donors (Lipinski definition) is 8. The van der Waals surface area contributed by atoms with Crippen molar-refractivity contribution in [3.63, 3.8) is 0 Å². The number of halogens is 30. The molecule has 12 aromatic rings. The van der Waals surface area contributed by atoms with Gasteiger partial charge in [-0.2, -0.15) is 79.0 Å². The Hall–Kier alpha value is -14.7. The zero-order chi connectivity index (χ0) is 91.1. The monoisotopic (exact) mass is 1780 g/mol. The number of aliphatic imine (C=N–C) groups is 4. The Morgan fingerprint density at radius 1 is 0.226 bits per heavy atom. The van der Waals surface area contributed by atoms with Crippen molar-refractivity contribution in [2.45, 2.75) is 37.1 Å². The van der Waals surface area contributed by atoms with Gasteiger partial charge in [-0.15, -0.1) is 0 Å². The van der Waals surface area contributed by atoms with Gasteiger partial charge in [-0.25, -0.2) is 72.7 Å². The molecule has 16 rings (SSSR count). The topological polar surface area (TPSA) is 262 Å². The Kier molecular flexibility index (Phi) is 21.6. The van der Waals surface area contributed by atoms with Crippen molar-refractivity contribution in [2.24, 2.45) is 20.0 Å². The largest absolute Gasteiger partial charge is 0.494 e. The second-order valence-corrected chi connectivity index (χ2v) is 26.2. The molecule has 4 aliphatic rings. The van der Waals surface area contributed by atoms with Crippen molar-refractivity contribution in [2.75, 3.05) is 0 Å². The summed E-state index contributed by atoms with van der Waals surface area (Å²) >= 11 is 0. The van der Waals surface area contributed by atoms with E-state index in [1.165, 1.54) is 12.1 Å². The maximum Gasteiger partial charge on any atom is 0.416 e. The first kappa shape index (κ1) is 87.2. The van der Waals surface area contributed by atoms with Gasteiger partial charge in [0.1, 0.15) is 5.82 Å². The molecule has 4 amide bonds. The normalized spacial score (nSPS) is 13.8. The molecule has 640 valence electrons. The highest BCUT2D eigenvalue weighted by Gasteiger charge is 2.45. The highest BCUT2D eigenvalue weighted by molar-refractivity contribution is 6.33. The summed E-state index contributed by atoms with van der Waals surface area (Å²) in [5.74, 6) is -29.3. The summed E-state index contributed by atoms with van der Waals surface area (Å²) < 4.78 is 398. The van der Waals surface area contributed by atoms with E-state index in [4.69, 9.17) is 0 Å². The molecule has 8 heterocycles. The zero-order valence-corrected chi connectivity index (χ0v) is 59.3. The fraction of sp³-hybridized carbons (Fsp3) is 0.0769. The molecule has 0 saturated carbocycles. The number of aromatic hydroxyl groups is 4. The quantitative estimate of drug-likeness (QED) is 0.0411. The van der Waals surface area contributed by atoms with E-state index in [0.717, 1.165) is 42.5 Å². The van der Waals surface area contributed by atoms with Crippen molar-refractivity contribution < 1.29 is 171 Å². The predicted octanol–water partition coefficient (Wildman–Crippen LogP) is 21.3. The smallest absolute Gasteiger partial charge is 0.416 e. The van der Waals surface area contributed by atoms with Crippen LogP contribution < -0.4 is 0 Å². The van der Waals surface area contributed by atoms with Crippen LogP contribution in [0.1, 0.15) is 119 Å². The van der Waals surface area contributed by atoms with Crippen molar-refractivity contribution in [1.29, 1.82) is 0 Å². The number of amides is 4. The minimum atomic E-state index is -5.18. The number of fused-ring (bicyclic) bond motifs is 4. The van der Waals surface area contributed by atoms with Crippen molar-refractivity contribution >= 4 is 46.5 Å². The first-order chi connectivity index (χ1) is 57.5. The van der Waals surface area contributed by atoms with Crippen molar-refractivity contribution in [1.82, 2.24) is 19.9 Å². The van der Waals surface area contributed by atoms with Crippen molar-refractivity contribution in [3.8, 4) is 68.5 Å². The SMILES string of the molecule is O=C1N=C(c2c(F)c(F)c(F)c(F)c2F)c2c(O)[nH]c(-c3cccc(C(F)(F)F)c3)c21.O=C1N=C(c2cc(F)c(F)c(F)c2)c2c(O)[nH]c(-c3cc(C(F)(F)F)cc(C(F)(F)F)c3)c21.O=C1N=C(c2ccc(C(F)(F)F)cc2)c2c(O)[nH]c(-c3cc(C(F)(F)F)cc(C(F)(F)F)c3)c21.O=C1N=C(c2ccc(F)cc2)c2c(O)[nH]c(-c3cc(F)c(F)c(F)c3)c21. The average Bonchev–Trinajstić information content (AvgIpc) is 1.23. The van der Waals surface area contributed by atoms with Crippen LogP contribution in [-0.4, -0.2) is 86.8 Å². The standard InChI is InChI=1S/C21H9F9N2O2.C20H7F9N2O2.C19H6F8N2O2.C18H8F4N2O2/c22-19(23,24)10-3-1-8(2-4-10)15-13-14(18(34)31-15)16(32-17(13)33)9-5-11(20(25,26)27)7-12(6-9)21(28,29)30;21-10-3-7(4-11(22)14(10)23)16-13-12(17(32)31-16)15(30-18(13)33)6-1-8(19(24,25)26)5-9(2-6)20(27,28)29;20-10-9(11(21)13(23)14(24)12(10)22)16-8-7(17(30)29-16)15(28-18(8)31)5-2-1-3-6(4-5)19(25,26)27;19-9-3-1-7(2-4-9)15-12-13(18(26)23-15)16(24-17(12)25)8-5-10(20)14(22)11(21)6-8/h1-7,32-33H;1-5,30,33H;1-4,28,31H;1-6,24-25H. The molecule has 4 aromatic heterocycles. The second kappa shape index (κ2) is 30.8. The molecule has 0 fully saturated rings. The number of aromatic amines is 4. The van der Waals surface area contributed by atoms with Crippen LogP contribution in [0.3, 0.4) is 0 Å². The van der Waals surface area contributed by atoms with Gasteiger partial charge in [0.25, 0.3) is 23.6 Å². The molecule has 8 N–H and O–H groups in total. The number of nitrogens with zero attached hydrogens (tertiary/aromatic N) is 4. The van der Waals surface area contributed by atoms with Crippen LogP contribution in [0.4, 0.5) is 132 Å². The molecule has 4 aliphatic heterocycles. The average molecular weight is 1780 g/mol. The lowest BCUT2D eigenvalue weighted by molar-refractivity contribution is -0.144. The highest BCUT2D eigenvalue weighted by atomic mass is 19.4. The molecule has 124 heavy (non-hydrogen) atoms. The fourth-order valence-electron chi connectivity index (χ4n) is 12.9. The lowest BCUT2D eigenvalue weighted by Crippen LogP contribution is -2.13. The third-order valence-electron chi connectivity index (χ3n) is 18.4. The summed E-state index contributed by atoms with van der Waals surface area (Å²) in [6, 6.07) is 15.4. The lowest BCUT2D eigenvalue weighted by atomic mass is 9.97. The Bertz CT molecular complexity index is 6530. The van der Waals surface area contributed by atoms with Crippen LogP contribution in [-0.2, 0) is 37.1 Å². The maximum absolute atomic E-state index is 14.2. The van der Waals surface area contributed by atoms with Gasteiger partial charge in [0.2, 0.25) is 5.82 Å². The summed E-state index contributed by atoms with van der Waals surface area (Å²) in [6.45, 7) is 0. The molecule has 0 spiro atoms. The molecule has 0 saturated heterocycles. The Morgan fingerprint density at radius 2 is 0.484 bits per heavy atom. The summed E-state index contributed by atoms with van der Waals surface area (Å²) in [4.78, 5) is 72.8. The molecule has 8 aromatic carbocycles. The molecular weight excluding hydrogens is 1750 g/mol. The second-order valence-electron chi connectivity index (χ2n) is 26.2. The molecule has 0 atom stereocenters. The number of H-pyrrole nitrogens is 4. The van der Waals surface area contributed by atoms with E-state index in [1.54, 1.807) is 0 Å². The van der Waals surface area contributed by atoms with E-state index in [2.05, 4.69) is 39.9 Å². The minimum Gasteiger partial charge on any atom is -0.494 e. The molecule has 16 nitrogen and oxygen atoms in total. The Morgan fingerprint density at radius 3 is 0.806 bits per heavy atom. The van der Waals surface area contributed by atoms with Gasteiger partial charge in [0.05, 0.1) is 129 Å². The summed E-state index contributed by atoms with van der Waals surface area (Å²) in [7, 11) is 0. The number of rotatable bonds is 8. The van der Waals surface area contributed by atoms with Crippen LogP contribution in [0, 0.1) is 69.8 Å². The summed E-state index contributed by atoms with van der Waals surface area (Å²) in [6.07, 6.45) is -30.1. The highest BCUT2D eigenvalue weighted by Crippen LogP contribution is 2.49. The number of hydrogen-bond acceptors (Lipinski definition) is 8. The predicted molar refractivity (Wildman–Crippen MR) is 367 cm³/mol. The van der Waals surface area contributed by atoms with E-state index in [0.29, 0.717) is 72.3 Å². The lowest BCUT2D eigenvalue weighted by Gasteiger charge is -2.14. The molecule has 0 bridgehead atoms. The van der Waals surface area contributed by atoms with Gasteiger partial charge in [-0.05, 0) is 115 Å². The third-order valence-corrected chi connectivity index (χ3v) is 18.4. The van der Waals surface area contributed by atoms with Gasteiger partial charge in [-0.1, -0.05) is 24.3 Å². The van der Waals surface area contributed by atoms with Crippen LogP contribution in [0.2, 0.25) is 0 Å². The van der Waals surface area contributed by atoms with Gasteiger partial charge >= 0.3 is 37.1 Å². The van der Waals surface area contributed by atoms with E-state index in [9.17, 15) is 171 Å². The van der Waals surface area contributed by atoms with E-state index < -0.39 is 260 Å². The number of alkyl halides is 18. The van der Waals surface area contributed by atoms with Crippen LogP contribution in [0.5, 0.6) is 23.5 Å². The number of carbonyl (C=O) groups excluding carboxylic acids is 4. The van der Waals surface area contributed by atoms with Gasteiger partial charge in [0, 0.05) is 33.4 Å². The minimum absolute atomic E-state index is 0.0294. The number of aromatic nitrogens is 4. The summed E-state index contributed by atoms with van der Waals surface area (Å²) in [5, 5.41) is 40.8. The van der Waals surface area contributed by atoms with Crippen LogP contribution in [0.25, 0.3) is 45.0 Å². The van der Waals surface area contributed by atoms with Gasteiger partial charge in [-0.3, -0.25) is 19.2 Å². The number of carbonyl (C=O) groups is 4. The number of benzene rings is 8. The molecular formula is C78H30F30N8O8. The van der Waals surface area contributed by atoms with Crippen LogP contribution >= 0.6 is 0 Å². The number of nitrogens with one attached hydrogen (secondary N) is 4. The maximum atomic E-state index is 14.2. The van der Waals surface area contributed by atoms with Gasteiger partial charge in [0.15, 0.2) is 81.7 Å². The molecule has 0 radical (unpaired) electrons. The summed E-state index contributed by atoms with van der Waals surface area (Å²) in [5.41, 5.74) is -19.2. The van der Waals surface area contributed by atoms with Crippen LogP contribution in [0.15, 0.2) is 153 Å². The molecule has 46 heteroatoms. The van der Waals surface area contributed by atoms with E-state index in [-0.39, 0.29) is 68.3 Å². The Labute approximate surface area is 664 Å². The fourth-order valence-corrected chi connectivity index (χ4v) is 12.9. The van der Waals surface area contributed by atoms with E-state index >= 15 is 0 Å². The molecule has 0 aliphatic carbocycles. The third kappa shape index (κ3) is 16.0. The van der Waals surface area contributed by atoms with Crippen molar-refractivity contribution in [3.05, 3.63) is 303 Å². The zero-order valence-electron chi connectivity index (χ0n) is 59.3. The first-order valence-electron chi connectivity index (χ1n) is 33.4. The Balaban J connectivity index is 0.000000143. The molecule has 0 unspecified atom stereocenters. The van der Waals surface area contributed by atoms with Gasteiger partial charge < -0.3 is 40.4 Å². The first-order valence-corrected chi connectivity index (χ1v) is 33.4.